The Kier molecular flexibility index (Phi) is 8.83. The molecule has 0 saturated carbocycles. The maximum atomic E-state index is 12.7. The molecule has 1 aromatic carbocycles. The summed E-state index contributed by atoms with van der Waals surface area (Å²) in [6.45, 7) is 6.87. The topological polar surface area (TPSA) is 66.8 Å². The lowest BCUT2D eigenvalue weighted by molar-refractivity contribution is -0.145. The van der Waals surface area contributed by atoms with Gasteiger partial charge in [-0.15, -0.1) is 0 Å². The quantitative estimate of drug-likeness (QED) is 0.447. The molecule has 0 spiro atoms. The normalized spacial score (nSPS) is 11.9. The Bertz CT molecular complexity index is 603. The summed E-state index contributed by atoms with van der Waals surface area (Å²) in [6.07, 6.45) is -0.569. The zero-order chi connectivity index (χ0) is 17.7. The molecule has 0 radical (unpaired) electrons. The van der Waals surface area contributed by atoms with E-state index in [0.29, 0.717) is 34.4 Å². The van der Waals surface area contributed by atoms with E-state index < -0.39 is 12.1 Å². The van der Waals surface area contributed by atoms with E-state index in [0.717, 1.165) is 7.14 Å². The summed E-state index contributed by atoms with van der Waals surface area (Å²) in [5, 5.41) is 9.21. The summed E-state index contributed by atoms with van der Waals surface area (Å²) in [7, 11) is 0. The second kappa shape index (κ2) is 9.59. The Morgan fingerprint density at radius 3 is 2.17 bits per heavy atom. The molecular formula is C15H18I3NO4. The summed E-state index contributed by atoms with van der Waals surface area (Å²) in [5.41, 5.74) is 0.575. The van der Waals surface area contributed by atoms with Gasteiger partial charge >= 0.3 is 5.97 Å². The molecule has 8 heteroatoms. The number of rotatable bonds is 7. The molecule has 0 bridgehead atoms. The number of carbonyl (C=O) groups is 2. The molecule has 0 aliphatic carbocycles. The minimum Gasteiger partial charge on any atom is -0.479 e. The van der Waals surface area contributed by atoms with Gasteiger partial charge in [0.15, 0.2) is 6.10 Å². The van der Waals surface area contributed by atoms with Crippen molar-refractivity contribution in [1.29, 1.82) is 0 Å². The maximum absolute atomic E-state index is 12.7. The van der Waals surface area contributed by atoms with Crippen LogP contribution in [0.4, 0.5) is 0 Å². The van der Waals surface area contributed by atoms with Crippen molar-refractivity contribution in [2.24, 2.45) is 0 Å². The van der Waals surface area contributed by atoms with Gasteiger partial charge in [-0.2, -0.15) is 0 Å². The molecule has 23 heavy (non-hydrogen) atoms. The van der Waals surface area contributed by atoms with Crippen LogP contribution in [0.5, 0.6) is 5.75 Å². The van der Waals surface area contributed by atoms with Crippen molar-refractivity contribution in [3.63, 3.8) is 0 Å². The van der Waals surface area contributed by atoms with Gasteiger partial charge in [0.05, 0.1) is 12.7 Å². The molecular weight excluding hydrogens is 639 g/mol. The molecule has 0 aromatic heterocycles. The Morgan fingerprint density at radius 2 is 1.74 bits per heavy atom. The van der Waals surface area contributed by atoms with Gasteiger partial charge in [-0.3, -0.25) is 4.79 Å². The van der Waals surface area contributed by atoms with Gasteiger partial charge in [-0.25, -0.2) is 4.79 Å². The lowest BCUT2D eigenvalue weighted by Crippen LogP contribution is -2.32. The summed E-state index contributed by atoms with van der Waals surface area (Å²) in [6, 6.07) is 1.85. The first-order chi connectivity index (χ1) is 10.8. The molecule has 0 heterocycles. The molecule has 1 amide bonds. The van der Waals surface area contributed by atoms with Crippen LogP contribution >= 0.6 is 67.8 Å². The number of carboxylic acids is 1. The molecule has 1 N–H and O–H groups in total. The van der Waals surface area contributed by atoms with Crippen molar-refractivity contribution >= 4 is 79.6 Å². The van der Waals surface area contributed by atoms with E-state index in [1.165, 1.54) is 0 Å². The zero-order valence-corrected chi connectivity index (χ0v) is 19.5. The van der Waals surface area contributed by atoms with Crippen molar-refractivity contribution < 1.29 is 19.4 Å². The monoisotopic (exact) mass is 657 g/mol. The number of hydrogen-bond donors (Lipinski definition) is 1. The number of hydrogen-bond acceptors (Lipinski definition) is 3. The van der Waals surface area contributed by atoms with Gasteiger partial charge in [0.2, 0.25) is 0 Å². The number of amides is 1. The third-order valence-electron chi connectivity index (χ3n) is 3.30. The van der Waals surface area contributed by atoms with Crippen LogP contribution in [0.15, 0.2) is 6.07 Å². The highest BCUT2D eigenvalue weighted by Crippen LogP contribution is 2.35. The summed E-state index contributed by atoms with van der Waals surface area (Å²) < 4.78 is 7.99. The molecule has 0 aliphatic rings. The fraction of sp³-hybridized carbons (Fsp3) is 0.467. The molecule has 1 unspecified atom stereocenters. The van der Waals surface area contributed by atoms with Crippen molar-refractivity contribution in [3.8, 4) is 5.75 Å². The highest BCUT2D eigenvalue weighted by molar-refractivity contribution is 14.1. The van der Waals surface area contributed by atoms with E-state index in [9.17, 15) is 14.7 Å². The second-order valence-corrected chi connectivity index (χ2v) is 8.09. The average Bonchev–Trinajstić information content (AvgIpc) is 2.47. The highest BCUT2D eigenvalue weighted by Gasteiger charge is 2.26. The molecule has 1 rings (SSSR count). The first-order valence-corrected chi connectivity index (χ1v) is 10.4. The largest absolute Gasteiger partial charge is 0.479 e. The number of aliphatic carboxylic acids is 1. The van der Waals surface area contributed by atoms with Crippen LogP contribution in [-0.2, 0) is 4.79 Å². The van der Waals surface area contributed by atoms with E-state index in [4.69, 9.17) is 4.74 Å². The second-order valence-electron chi connectivity index (χ2n) is 4.69. The number of halogens is 3. The van der Waals surface area contributed by atoms with Gasteiger partial charge in [0.25, 0.3) is 5.91 Å². The van der Waals surface area contributed by atoms with E-state index in [2.05, 4.69) is 67.8 Å². The Labute approximate surface area is 176 Å². The van der Waals surface area contributed by atoms with Crippen LogP contribution in [0.1, 0.15) is 37.6 Å². The third kappa shape index (κ3) is 5.06. The van der Waals surface area contributed by atoms with Crippen molar-refractivity contribution in [1.82, 2.24) is 4.90 Å². The Hall–Kier alpha value is 0.150. The lowest BCUT2D eigenvalue weighted by Gasteiger charge is -2.23. The zero-order valence-electron chi connectivity index (χ0n) is 13.0. The van der Waals surface area contributed by atoms with E-state index in [1.54, 1.807) is 11.8 Å². The summed E-state index contributed by atoms with van der Waals surface area (Å²) in [4.78, 5) is 25.7. The number of benzene rings is 1. The smallest absolute Gasteiger partial charge is 0.344 e. The predicted octanol–water partition coefficient (Wildman–Crippen LogP) is 4.22. The molecule has 0 fully saturated rings. The first-order valence-electron chi connectivity index (χ1n) is 7.14. The molecule has 1 atom stereocenters. The maximum Gasteiger partial charge on any atom is 0.344 e. The minimum absolute atomic E-state index is 0.0616. The van der Waals surface area contributed by atoms with Crippen LogP contribution in [-0.4, -0.2) is 41.1 Å². The number of carbonyl (C=O) groups excluding carboxylic acids is 1. The predicted molar refractivity (Wildman–Crippen MR) is 114 cm³/mol. The standard InChI is InChI=1S/C15H18I3NO4/c1-4-10(15(21)22)23-13-9(17)7-8(16)11(12(13)18)14(20)19(5-2)6-3/h7,10H,4-6H2,1-3H3,(H,21,22). The number of carboxylic acid groups (broad SMARTS) is 1. The SMILES string of the molecule is CCC(Oc1c(I)cc(I)c(C(=O)N(CC)CC)c1I)C(=O)O. The minimum atomic E-state index is -1.01. The average molecular weight is 657 g/mol. The fourth-order valence-electron chi connectivity index (χ4n) is 2.00. The fourth-order valence-corrected chi connectivity index (χ4v) is 6.08. The van der Waals surface area contributed by atoms with Gasteiger partial charge in [-0.05, 0) is 94.1 Å². The van der Waals surface area contributed by atoms with E-state index in [-0.39, 0.29) is 5.91 Å². The van der Waals surface area contributed by atoms with Gasteiger partial charge < -0.3 is 14.7 Å². The third-order valence-corrected chi connectivity index (χ3v) is 5.98. The van der Waals surface area contributed by atoms with Crippen LogP contribution in [0, 0.1) is 10.7 Å². The van der Waals surface area contributed by atoms with Crippen LogP contribution < -0.4 is 4.74 Å². The summed E-state index contributed by atoms with van der Waals surface area (Å²) >= 11 is 6.32. The number of ether oxygens (including phenoxy) is 1. The molecule has 0 aliphatic heterocycles. The molecule has 0 saturated heterocycles. The van der Waals surface area contributed by atoms with Crippen molar-refractivity contribution in [3.05, 3.63) is 22.3 Å². The summed E-state index contributed by atoms with van der Waals surface area (Å²) in [5.74, 6) is -0.598. The Balaban J connectivity index is 3.37. The van der Waals surface area contributed by atoms with E-state index >= 15 is 0 Å². The van der Waals surface area contributed by atoms with Gasteiger partial charge in [0, 0.05) is 16.7 Å². The first kappa shape index (κ1) is 21.2. The highest BCUT2D eigenvalue weighted by atomic mass is 127. The van der Waals surface area contributed by atoms with Crippen LogP contribution in [0.3, 0.4) is 0 Å². The van der Waals surface area contributed by atoms with Crippen molar-refractivity contribution in [2.45, 2.75) is 33.3 Å². The molecule has 1 aromatic rings. The van der Waals surface area contributed by atoms with E-state index in [1.807, 2.05) is 19.9 Å². The lowest BCUT2D eigenvalue weighted by atomic mass is 10.1. The molecule has 5 nitrogen and oxygen atoms in total. The van der Waals surface area contributed by atoms with Crippen LogP contribution in [0.25, 0.3) is 0 Å². The molecule has 128 valence electrons. The van der Waals surface area contributed by atoms with Gasteiger partial charge in [-0.1, -0.05) is 6.92 Å². The van der Waals surface area contributed by atoms with Crippen molar-refractivity contribution in [2.75, 3.05) is 13.1 Å². The Morgan fingerprint density at radius 1 is 1.17 bits per heavy atom. The van der Waals surface area contributed by atoms with Gasteiger partial charge in [0.1, 0.15) is 5.75 Å². The van der Waals surface area contributed by atoms with Crippen LogP contribution in [0.2, 0.25) is 0 Å². The number of nitrogens with zero attached hydrogens (tertiary/aromatic N) is 1.